The van der Waals surface area contributed by atoms with Crippen LogP contribution in [0.25, 0.3) is 0 Å². The Morgan fingerprint density at radius 2 is 1.21 bits per heavy atom. The molecule has 0 heterocycles. The minimum Gasteiger partial charge on any atom is -0.396 e. The molecule has 0 bridgehead atoms. The Morgan fingerprint density at radius 1 is 0.895 bits per heavy atom. The van der Waals surface area contributed by atoms with Crippen molar-refractivity contribution >= 4 is 47.6 Å². The lowest BCUT2D eigenvalue weighted by atomic mass is 10.3. The maximum absolute atomic E-state index is 12.1. The summed E-state index contributed by atoms with van der Waals surface area (Å²) in [5.74, 6) is 0. The number of aliphatic hydroxyl groups is 1. The molecule has 0 aromatic carbocycles. The summed E-state index contributed by atoms with van der Waals surface area (Å²) in [5, 5.41) is 8.20. The highest BCUT2D eigenvalue weighted by Gasteiger charge is 2.30. The van der Waals surface area contributed by atoms with Crippen molar-refractivity contribution in [2.75, 3.05) is 48.9 Å². The molecule has 118 valence electrons. The van der Waals surface area contributed by atoms with Crippen LogP contribution in [0.5, 0.6) is 0 Å². The van der Waals surface area contributed by atoms with Gasteiger partial charge in [0.05, 0.1) is 0 Å². The Balaban J connectivity index is -0.000000123. The van der Waals surface area contributed by atoms with Crippen LogP contribution in [0, 0.1) is 0 Å². The van der Waals surface area contributed by atoms with Crippen molar-refractivity contribution in [2.24, 2.45) is 0 Å². The van der Waals surface area contributed by atoms with Crippen molar-refractivity contribution in [3.05, 3.63) is 0 Å². The van der Waals surface area contributed by atoms with Crippen LogP contribution in [-0.4, -0.2) is 91.1 Å². The van der Waals surface area contributed by atoms with E-state index < -0.39 is 7.59 Å². The van der Waals surface area contributed by atoms with Gasteiger partial charge in [0.2, 0.25) is 0 Å². The summed E-state index contributed by atoms with van der Waals surface area (Å²) >= 11 is 0. The lowest BCUT2D eigenvalue weighted by Crippen LogP contribution is -2.30. The molecule has 8 heteroatoms. The second-order valence-electron chi connectivity index (χ2n) is 4.49. The Labute approximate surface area is 146 Å². The third kappa shape index (κ3) is 11.6. The van der Waals surface area contributed by atoms with Crippen LogP contribution in [0.3, 0.4) is 0 Å². The summed E-state index contributed by atoms with van der Waals surface area (Å²) in [5.41, 5.74) is 0. The number of hydrogen-bond acceptors (Lipinski definition) is 2. The maximum atomic E-state index is 12.1. The Kier molecular flexibility index (Phi) is 23.5. The highest BCUT2D eigenvalue weighted by Crippen LogP contribution is 2.50. The zero-order chi connectivity index (χ0) is 14.1. The molecule has 19 heavy (non-hydrogen) atoms. The molecule has 0 amide bonds. The first kappa shape index (κ1) is 28.5. The number of unbranched alkanes of at least 4 members (excludes halogenated alkanes) is 2. The summed E-state index contributed by atoms with van der Waals surface area (Å²) in [6, 6.07) is 0. The molecule has 0 saturated carbocycles. The van der Waals surface area contributed by atoms with Gasteiger partial charge in [0.25, 0.3) is 7.59 Å². The zero-order valence-corrected chi connectivity index (χ0v) is 15.5. The van der Waals surface area contributed by atoms with Crippen molar-refractivity contribution in [2.45, 2.75) is 26.2 Å². The average molecular weight is 375 g/mol. The van der Waals surface area contributed by atoms with E-state index in [1.807, 2.05) is 42.3 Å². The molecule has 0 rings (SSSR count). The highest BCUT2D eigenvalue weighted by molar-refractivity contribution is 8.93. The fraction of sp³-hybridized carbons (Fsp3) is 1.00. The van der Waals surface area contributed by atoms with E-state index in [0.717, 1.165) is 12.8 Å². The Bertz CT molecular complexity index is 199. The molecule has 0 unspecified atom stereocenters. The van der Waals surface area contributed by atoms with Crippen molar-refractivity contribution in [1.82, 2.24) is 14.0 Å². The van der Waals surface area contributed by atoms with Gasteiger partial charge in [-0.25, -0.2) is 14.0 Å². The van der Waals surface area contributed by atoms with Gasteiger partial charge in [0, 0.05) is 6.61 Å². The lowest BCUT2D eigenvalue weighted by Gasteiger charge is -2.34. The first-order chi connectivity index (χ1) is 7.74. The summed E-state index contributed by atoms with van der Waals surface area (Å²) < 4.78 is 17.3. The van der Waals surface area contributed by atoms with Gasteiger partial charge in [0.1, 0.15) is 0 Å². The first-order valence-electron chi connectivity index (χ1n) is 5.99. The summed E-state index contributed by atoms with van der Waals surface area (Å²) in [6.45, 7) is 2.48. The molecular weight excluding hydrogens is 341 g/mol. The number of aliphatic hydroxyl groups excluding tert-OH is 1. The number of hydrogen-bond donors (Lipinski definition) is 1. The van der Waals surface area contributed by atoms with E-state index in [9.17, 15) is 4.57 Å². The third-order valence-corrected chi connectivity index (χ3v) is 5.45. The first-order valence-corrected chi connectivity index (χ1v) is 7.55. The van der Waals surface area contributed by atoms with Crippen molar-refractivity contribution < 1.29 is 9.67 Å². The molecule has 0 aromatic heterocycles. The minimum absolute atomic E-state index is 0. The molecule has 1 N–H and O–H groups in total. The topological polar surface area (TPSA) is 47.0 Å². The quantitative estimate of drug-likeness (QED) is 0.435. The van der Waals surface area contributed by atoms with Crippen molar-refractivity contribution in [1.29, 1.82) is 0 Å². The largest absolute Gasteiger partial charge is 0.396 e. The van der Waals surface area contributed by atoms with Crippen molar-refractivity contribution in [3.8, 4) is 0 Å². The Hall–Kier alpha value is 1.32. The van der Waals surface area contributed by atoms with Crippen molar-refractivity contribution in [3.63, 3.8) is 0 Å². The van der Waals surface area contributed by atoms with E-state index in [4.69, 9.17) is 5.11 Å². The summed E-state index contributed by atoms with van der Waals surface area (Å²) in [6.07, 6.45) is 3.33. The summed E-state index contributed by atoms with van der Waals surface area (Å²) in [4.78, 5) is 0. The number of rotatable bonds is 6. The van der Waals surface area contributed by atoms with Crippen LogP contribution in [0.2, 0.25) is 0 Å². The van der Waals surface area contributed by atoms with Gasteiger partial charge in [-0.05, 0) is 48.7 Å². The molecular formula is C11H33BrMgN3O2P. The third-order valence-electron chi connectivity index (χ3n) is 2.32. The van der Waals surface area contributed by atoms with Crippen LogP contribution in [0.4, 0.5) is 0 Å². The summed E-state index contributed by atoms with van der Waals surface area (Å²) in [7, 11) is 8.49. The van der Waals surface area contributed by atoms with E-state index in [1.54, 1.807) is 14.0 Å². The van der Waals surface area contributed by atoms with Gasteiger partial charge in [-0.2, -0.15) is 0 Å². The van der Waals surface area contributed by atoms with Crippen LogP contribution in [0.1, 0.15) is 26.2 Å². The molecule has 0 radical (unpaired) electrons. The predicted molar refractivity (Wildman–Crippen MR) is 94.1 cm³/mol. The molecule has 0 saturated heterocycles. The SMILES string of the molecule is Br.CCCCCO.CN(C)P(=O)(N(C)C)N(C)C.[MgH2]. The van der Waals surface area contributed by atoms with Gasteiger partial charge >= 0.3 is 23.1 Å². The normalized spacial score (nSPS) is 10.7. The van der Waals surface area contributed by atoms with Gasteiger partial charge in [-0.3, -0.25) is 4.57 Å². The molecule has 0 aromatic rings. The minimum atomic E-state index is -2.44. The van der Waals surface area contributed by atoms with Crippen LogP contribution < -0.4 is 0 Å². The fourth-order valence-electron chi connectivity index (χ4n) is 1.44. The maximum Gasteiger partial charge on any atom is 0.316 e. The average Bonchev–Trinajstić information content (AvgIpc) is 2.24. The van der Waals surface area contributed by atoms with E-state index in [2.05, 4.69) is 6.92 Å². The molecule has 0 fully saturated rings. The molecule has 0 aliphatic carbocycles. The Morgan fingerprint density at radius 3 is 1.26 bits per heavy atom. The van der Waals surface area contributed by atoms with E-state index >= 15 is 0 Å². The molecule has 0 spiro atoms. The second-order valence-corrected chi connectivity index (χ2v) is 7.91. The van der Waals surface area contributed by atoms with E-state index in [1.165, 1.54) is 6.42 Å². The molecule has 5 nitrogen and oxygen atoms in total. The molecule has 0 atom stereocenters. The lowest BCUT2D eigenvalue weighted by molar-refractivity contribution is 0.284. The second kappa shape index (κ2) is 15.7. The van der Waals surface area contributed by atoms with Gasteiger partial charge in [-0.15, -0.1) is 17.0 Å². The van der Waals surface area contributed by atoms with Gasteiger partial charge < -0.3 is 5.11 Å². The van der Waals surface area contributed by atoms with E-state index in [0.29, 0.717) is 6.61 Å². The fourth-order valence-corrected chi connectivity index (χ4v) is 3.58. The number of nitrogens with zero attached hydrogens (tertiary/aromatic N) is 3. The zero-order valence-electron chi connectivity index (χ0n) is 12.9. The monoisotopic (exact) mass is 373 g/mol. The van der Waals surface area contributed by atoms with Gasteiger partial charge in [-0.1, -0.05) is 19.8 Å². The van der Waals surface area contributed by atoms with Gasteiger partial charge in [0.15, 0.2) is 0 Å². The molecule has 0 aliphatic rings. The van der Waals surface area contributed by atoms with E-state index in [-0.39, 0.29) is 40.0 Å². The van der Waals surface area contributed by atoms with Crippen LogP contribution >= 0.6 is 24.6 Å². The standard InChI is InChI=1S/C6H18N3OP.C5H12O.BrH.Mg.2H/c1-7(2)11(10,8(3)4)9(5)6;1-2-3-4-5-6;;;;/h1-6H3;6H,2-5H2,1H3;1H;;;. The predicted octanol–water partition coefficient (Wildman–Crippen LogP) is 1.61. The van der Waals surface area contributed by atoms with Crippen LogP contribution in [-0.2, 0) is 4.57 Å². The number of halogens is 1. The molecule has 0 aliphatic heterocycles. The van der Waals surface area contributed by atoms with Crippen LogP contribution in [0.15, 0.2) is 0 Å². The smallest absolute Gasteiger partial charge is 0.316 e. The highest BCUT2D eigenvalue weighted by atomic mass is 79.9.